The molecule has 0 radical (unpaired) electrons. The molecule has 5 amide bonds. The van der Waals surface area contributed by atoms with Gasteiger partial charge in [0.05, 0.1) is 33.3 Å². The number of piperazine rings is 1. The molecule has 240 valence electrons. The molecule has 5 N–H and O–H groups in total. The van der Waals surface area contributed by atoms with E-state index in [1.54, 1.807) is 6.07 Å². The van der Waals surface area contributed by atoms with Crippen molar-refractivity contribution in [3.63, 3.8) is 0 Å². The van der Waals surface area contributed by atoms with Gasteiger partial charge in [-0.1, -0.05) is 23.2 Å². The maximum absolute atomic E-state index is 13.5. The molecule has 2 saturated heterocycles. The molecular formula is C27H28Cl2F6N6O3. The van der Waals surface area contributed by atoms with Crippen LogP contribution in [0.5, 0.6) is 0 Å². The van der Waals surface area contributed by atoms with E-state index < -0.39 is 59.4 Å². The number of urea groups is 2. The van der Waals surface area contributed by atoms with E-state index in [-0.39, 0.29) is 41.5 Å². The van der Waals surface area contributed by atoms with E-state index in [9.17, 15) is 40.7 Å². The first kappa shape index (κ1) is 33.5. The number of anilines is 2. The van der Waals surface area contributed by atoms with Gasteiger partial charge in [0.1, 0.15) is 6.04 Å². The maximum atomic E-state index is 13.5. The standard InChI is InChI=1S/C27H28Cl2F6N6O3/c28-20-5-4-16(11-21(20)29)39-25(44)41-13-19-10-18(12-40(19)23(42)22(41)3-1-2-6-36)38-24(43)37-17-8-14(26(30,31)32)7-15(9-17)27(33,34)35/h4-5,7-9,11,18-19,22H,1-3,6,10,12-13,36H2,(H,39,44)(H2,37,38,43)/t18-,19-,22-/m1/s1. The van der Waals surface area contributed by atoms with E-state index in [0.29, 0.717) is 43.6 Å². The van der Waals surface area contributed by atoms with Gasteiger partial charge < -0.3 is 31.5 Å². The molecule has 2 aliphatic rings. The fraction of sp³-hybridized carbons (Fsp3) is 0.444. The molecule has 4 rings (SSSR count). The summed E-state index contributed by atoms with van der Waals surface area (Å²) >= 11 is 12.0. The number of carbonyl (C=O) groups excluding carboxylic acids is 3. The second-order valence-corrected chi connectivity index (χ2v) is 11.3. The third-order valence-electron chi connectivity index (χ3n) is 7.31. The smallest absolute Gasteiger partial charge is 0.334 e. The summed E-state index contributed by atoms with van der Waals surface area (Å²) in [4.78, 5) is 42.4. The number of unbranched alkanes of at least 4 members (excludes halogenated alkanes) is 1. The van der Waals surface area contributed by atoms with Gasteiger partial charge in [0, 0.05) is 24.5 Å². The Morgan fingerprint density at radius 3 is 2.14 bits per heavy atom. The van der Waals surface area contributed by atoms with Gasteiger partial charge in [-0.15, -0.1) is 0 Å². The highest BCUT2D eigenvalue weighted by Gasteiger charge is 2.47. The van der Waals surface area contributed by atoms with Gasteiger partial charge in [-0.2, -0.15) is 26.3 Å². The van der Waals surface area contributed by atoms with Crippen LogP contribution in [0.4, 0.5) is 47.3 Å². The van der Waals surface area contributed by atoms with Crippen LogP contribution in [-0.4, -0.2) is 65.5 Å². The van der Waals surface area contributed by atoms with E-state index in [2.05, 4.69) is 10.6 Å². The second-order valence-electron chi connectivity index (χ2n) is 10.5. The average molecular weight is 669 g/mol. The number of carbonyl (C=O) groups is 3. The van der Waals surface area contributed by atoms with Gasteiger partial charge in [-0.3, -0.25) is 4.79 Å². The van der Waals surface area contributed by atoms with Crippen LogP contribution in [0, 0.1) is 0 Å². The third kappa shape index (κ3) is 7.99. The van der Waals surface area contributed by atoms with Crippen molar-refractivity contribution in [3.05, 3.63) is 57.6 Å². The minimum atomic E-state index is -5.08. The van der Waals surface area contributed by atoms with Crippen molar-refractivity contribution in [2.75, 3.05) is 30.3 Å². The fourth-order valence-corrected chi connectivity index (χ4v) is 5.58. The number of alkyl halides is 6. The Morgan fingerprint density at radius 2 is 1.55 bits per heavy atom. The van der Waals surface area contributed by atoms with Crippen molar-refractivity contribution < 1.29 is 40.7 Å². The molecule has 2 heterocycles. The summed E-state index contributed by atoms with van der Waals surface area (Å²) in [6.45, 7) is 0.525. The topological polar surface area (TPSA) is 120 Å². The normalized spacial score (nSPS) is 20.4. The maximum Gasteiger partial charge on any atom is 0.416 e. The molecule has 44 heavy (non-hydrogen) atoms. The van der Waals surface area contributed by atoms with Gasteiger partial charge in [-0.05, 0) is 68.6 Å². The number of nitrogens with zero attached hydrogens (tertiary/aromatic N) is 2. The Morgan fingerprint density at radius 1 is 0.886 bits per heavy atom. The zero-order chi connectivity index (χ0) is 32.4. The molecule has 3 atom stereocenters. The van der Waals surface area contributed by atoms with Crippen LogP contribution in [-0.2, 0) is 17.1 Å². The minimum absolute atomic E-state index is 0.0307. The fourth-order valence-electron chi connectivity index (χ4n) is 5.28. The zero-order valence-corrected chi connectivity index (χ0v) is 24.4. The summed E-state index contributed by atoms with van der Waals surface area (Å²) in [5.41, 5.74) is 2.09. The molecule has 0 spiro atoms. The lowest BCUT2D eigenvalue weighted by Crippen LogP contribution is -2.62. The summed E-state index contributed by atoms with van der Waals surface area (Å²) in [5, 5.41) is 7.76. The molecule has 0 unspecified atom stereocenters. The first-order chi connectivity index (χ1) is 20.6. The van der Waals surface area contributed by atoms with Crippen LogP contribution < -0.4 is 21.7 Å². The molecule has 0 aliphatic carbocycles. The number of nitrogens with two attached hydrogens (primary N) is 1. The molecule has 0 aromatic heterocycles. The largest absolute Gasteiger partial charge is 0.416 e. The van der Waals surface area contributed by atoms with Crippen LogP contribution in [0.25, 0.3) is 0 Å². The highest BCUT2D eigenvalue weighted by Crippen LogP contribution is 2.38. The lowest BCUT2D eigenvalue weighted by atomic mass is 10.0. The van der Waals surface area contributed by atoms with Crippen LogP contribution in [0.1, 0.15) is 36.8 Å². The molecule has 0 saturated carbocycles. The predicted molar refractivity (Wildman–Crippen MR) is 151 cm³/mol. The molecule has 0 bridgehead atoms. The SMILES string of the molecule is NCCCC[C@@H]1C(=O)N2C[C@H](NC(=O)Nc3cc(C(F)(F)F)cc(C(F)(F)F)c3)C[C@@H]2CN1C(=O)Nc1ccc(Cl)c(Cl)c1. The lowest BCUT2D eigenvalue weighted by Gasteiger charge is -2.42. The van der Waals surface area contributed by atoms with Gasteiger partial charge >= 0.3 is 24.4 Å². The average Bonchev–Trinajstić information content (AvgIpc) is 3.33. The number of nitrogens with one attached hydrogen (secondary N) is 3. The minimum Gasteiger partial charge on any atom is -0.334 e. The number of fused-ring (bicyclic) bond motifs is 1. The summed E-state index contributed by atoms with van der Waals surface area (Å²) in [6, 6.07) is 1.60. The van der Waals surface area contributed by atoms with Crippen LogP contribution >= 0.6 is 23.2 Å². The predicted octanol–water partition coefficient (Wildman–Crippen LogP) is 6.17. The summed E-state index contributed by atoms with van der Waals surface area (Å²) in [7, 11) is 0. The Balaban J connectivity index is 1.46. The van der Waals surface area contributed by atoms with Crippen molar-refractivity contribution in [2.24, 2.45) is 5.73 Å². The van der Waals surface area contributed by atoms with Crippen LogP contribution in [0.2, 0.25) is 10.0 Å². The number of hydrogen-bond acceptors (Lipinski definition) is 4. The third-order valence-corrected chi connectivity index (χ3v) is 8.05. The first-order valence-corrected chi connectivity index (χ1v) is 14.2. The molecule has 2 fully saturated rings. The van der Waals surface area contributed by atoms with E-state index in [4.69, 9.17) is 28.9 Å². The van der Waals surface area contributed by atoms with Crippen molar-refractivity contribution in [1.29, 1.82) is 0 Å². The Kier molecular flexibility index (Phi) is 10.1. The summed E-state index contributed by atoms with van der Waals surface area (Å²) < 4.78 is 79.2. The number of benzene rings is 2. The van der Waals surface area contributed by atoms with Crippen LogP contribution in [0.3, 0.4) is 0 Å². The molecule has 17 heteroatoms. The van der Waals surface area contributed by atoms with Crippen molar-refractivity contribution in [3.8, 4) is 0 Å². The number of amides is 5. The molecule has 2 aliphatic heterocycles. The van der Waals surface area contributed by atoms with E-state index in [1.807, 2.05) is 5.32 Å². The summed E-state index contributed by atoms with van der Waals surface area (Å²) in [5.74, 6) is -0.361. The Labute approximate surface area is 258 Å². The highest BCUT2D eigenvalue weighted by molar-refractivity contribution is 6.42. The lowest BCUT2D eigenvalue weighted by molar-refractivity contribution is -0.143. The number of halogens is 8. The number of hydrogen-bond donors (Lipinski definition) is 4. The Bertz CT molecular complexity index is 1380. The summed E-state index contributed by atoms with van der Waals surface area (Å²) in [6.07, 6.45) is -8.48. The Hall–Kier alpha value is -3.43. The van der Waals surface area contributed by atoms with E-state index >= 15 is 0 Å². The second kappa shape index (κ2) is 13.3. The first-order valence-electron chi connectivity index (χ1n) is 13.5. The van der Waals surface area contributed by atoms with Crippen LogP contribution in [0.15, 0.2) is 36.4 Å². The highest BCUT2D eigenvalue weighted by atomic mass is 35.5. The molecule has 9 nitrogen and oxygen atoms in total. The van der Waals surface area contributed by atoms with Gasteiger partial charge in [0.15, 0.2) is 0 Å². The van der Waals surface area contributed by atoms with E-state index in [1.165, 1.54) is 21.9 Å². The van der Waals surface area contributed by atoms with Crippen molar-refractivity contribution in [2.45, 2.75) is 56.2 Å². The van der Waals surface area contributed by atoms with E-state index in [0.717, 1.165) is 0 Å². The van der Waals surface area contributed by atoms with Crippen molar-refractivity contribution in [1.82, 2.24) is 15.1 Å². The van der Waals surface area contributed by atoms with Gasteiger partial charge in [0.25, 0.3) is 0 Å². The monoisotopic (exact) mass is 668 g/mol. The zero-order valence-electron chi connectivity index (χ0n) is 22.9. The van der Waals surface area contributed by atoms with Crippen molar-refractivity contribution >= 4 is 52.5 Å². The molecule has 2 aromatic rings. The van der Waals surface area contributed by atoms with Gasteiger partial charge in [-0.25, -0.2) is 9.59 Å². The molecule has 2 aromatic carbocycles. The van der Waals surface area contributed by atoms with Gasteiger partial charge in [0.2, 0.25) is 5.91 Å². The quantitative estimate of drug-likeness (QED) is 0.208. The number of rotatable bonds is 7. The molecular weight excluding hydrogens is 641 g/mol.